The summed E-state index contributed by atoms with van der Waals surface area (Å²) in [5.41, 5.74) is 0. The molecule has 0 radical (unpaired) electrons. The van der Waals surface area contributed by atoms with Crippen LogP contribution in [0.25, 0.3) is 0 Å². The Morgan fingerprint density at radius 1 is 1.07 bits per heavy atom. The van der Waals surface area contributed by atoms with E-state index in [9.17, 15) is 8.42 Å². The summed E-state index contributed by atoms with van der Waals surface area (Å²) in [4.78, 5) is 0. The highest BCUT2D eigenvalue weighted by Gasteiger charge is 2.65. The largest absolute Gasteiger partial charge is 0.453 e. The van der Waals surface area contributed by atoms with Crippen LogP contribution >= 0.6 is 0 Å². The Kier molecular flexibility index (Phi) is 5.21. The van der Waals surface area contributed by atoms with Gasteiger partial charge < -0.3 is 33.2 Å². The summed E-state index contributed by atoms with van der Waals surface area (Å²) in [6.07, 6.45) is -2.12. The van der Waals surface area contributed by atoms with E-state index in [1.165, 1.54) is 14.2 Å². The Hall–Kier alpha value is -1.02. The molecule has 0 aromatic rings. The summed E-state index contributed by atoms with van der Waals surface area (Å²) in [5, 5.41) is 0. The molecule has 156 valence electrons. The van der Waals surface area contributed by atoms with Crippen LogP contribution in [-0.4, -0.2) is 77.6 Å². The number of ether oxygens (including phenoxy) is 7. The number of methoxy groups -OCH3 is 2. The van der Waals surface area contributed by atoms with Crippen LogP contribution in [0.5, 0.6) is 0 Å². The standard InChI is InChI=1S/C15H25NO10S/c1-13(2)23-9-7-21-15(8-22-27(17,18)16-12(19-5)20-6)11(10(9)24-13)25-14(3,4)26-15/h9-11H,7-8H2,1-6H3/t9-,10-,11+,15+/m1/s1. The third-order valence-electron chi connectivity index (χ3n) is 4.22. The summed E-state index contributed by atoms with van der Waals surface area (Å²) in [6.45, 7) is 6.56. The fraction of sp³-hybridized carbons (Fsp3) is 0.933. The lowest BCUT2D eigenvalue weighted by Crippen LogP contribution is -2.60. The van der Waals surface area contributed by atoms with E-state index in [0.29, 0.717) is 0 Å². The van der Waals surface area contributed by atoms with E-state index in [1.54, 1.807) is 27.7 Å². The third-order valence-corrected chi connectivity index (χ3v) is 5.01. The van der Waals surface area contributed by atoms with Gasteiger partial charge in [-0.1, -0.05) is 4.40 Å². The van der Waals surface area contributed by atoms with Gasteiger partial charge in [0.2, 0.25) is 5.79 Å². The van der Waals surface area contributed by atoms with Crippen LogP contribution in [-0.2, 0) is 47.6 Å². The predicted octanol–water partition coefficient (Wildman–Crippen LogP) is 0.295. The third kappa shape index (κ3) is 4.21. The smallest absolute Gasteiger partial charge is 0.400 e. The van der Waals surface area contributed by atoms with Crippen molar-refractivity contribution in [3.05, 3.63) is 0 Å². The normalized spacial score (nSPS) is 36.6. The van der Waals surface area contributed by atoms with Gasteiger partial charge in [0.25, 0.3) is 0 Å². The minimum atomic E-state index is -4.38. The summed E-state index contributed by atoms with van der Waals surface area (Å²) in [7, 11) is -1.95. The molecule has 12 heteroatoms. The summed E-state index contributed by atoms with van der Waals surface area (Å²) < 4.78 is 71.2. The lowest BCUT2D eigenvalue weighted by Gasteiger charge is -2.40. The quantitative estimate of drug-likeness (QED) is 0.471. The zero-order chi connectivity index (χ0) is 20.1. The van der Waals surface area contributed by atoms with E-state index >= 15 is 0 Å². The van der Waals surface area contributed by atoms with E-state index in [2.05, 4.69) is 13.9 Å². The van der Waals surface area contributed by atoms with Crippen molar-refractivity contribution >= 4 is 16.4 Å². The number of hydrogen-bond acceptors (Lipinski definition) is 10. The van der Waals surface area contributed by atoms with E-state index in [-0.39, 0.29) is 12.7 Å². The zero-order valence-corrected chi connectivity index (χ0v) is 16.9. The molecular weight excluding hydrogens is 386 g/mol. The van der Waals surface area contributed by atoms with Gasteiger partial charge in [0.15, 0.2) is 11.6 Å². The minimum absolute atomic E-state index is 0.123. The highest BCUT2D eigenvalue weighted by Crippen LogP contribution is 2.47. The molecule has 3 heterocycles. The lowest BCUT2D eigenvalue weighted by atomic mass is 9.98. The van der Waals surface area contributed by atoms with Crippen LogP contribution in [0.4, 0.5) is 0 Å². The van der Waals surface area contributed by atoms with Crippen molar-refractivity contribution in [2.24, 2.45) is 4.40 Å². The van der Waals surface area contributed by atoms with Gasteiger partial charge in [-0.25, -0.2) is 4.18 Å². The highest BCUT2D eigenvalue weighted by atomic mass is 32.2. The van der Waals surface area contributed by atoms with Gasteiger partial charge >= 0.3 is 16.4 Å². The maximum absolute atomic E-state index is 12.1. The second kappa shape index (κ2) is 6.79. The molecule has 0 aliphatic carbocycles. The molecule has 0 bridgehead atoms. The molecule has 27 heavy (non-hydrogen) atoms. The molecule has 0 aromatic heterocycles. The van der Waals surface area contributed by atoms with E-state index in [1.807, 2.05) is 0 Å². The van der Waals surface area contributed by atoms with Crippen LogP contribution in [0.2, 0.25) is 0 Å². The van der Waals surface area contributed by atoms with Crippen molar-refractivity contribution < 1.29 is 45.8 Å². The van der Waals surface area contributed by atoms with Gasteiger partial charge in [-0.2, -0.15) is 8.42 Å². The minimum Gasteiger partial charge on any atom is -0.453 e. The topological polar surface area (TPSA) is 120 Å². The fourth-order valence-corrected chi connectivity index (χ4v) is 4.08. The molecule has 0 saturated carbocycles. The first-order valence-electron chi connectivity index (χ1n) is 8.36. The van der Waals surface area contributed by atoms with E-state index < -0.39 is 52.6 Å². The molecule has 0 spiro atoms. The Labute approximate surface area is 158 Å². The van der Waals surface area contributed by atoms with Gasteiger partial charge in [-0.05, 0) is 27.7 Å². The molecule has 0 amide bonds. The first-order chi connectivity index (χ1) is 12.4. The van der Waals surface area contributed by atoms with Crippen molar-refractivity contribution in [2.45, 2.75) is 63.4 Å². The van der Waals surface area contributed by atoms with Crippen molar-refractivity contribution in [2.75, 3.05) is 27.4 Å². The molecule has 3 aliphatic heterocycles. The van der Waals surface area contributed by atoms with E-state index in [0.717, 1.165) is 0 Å². The molecule has 0 unspecified atom stereocenters. The summed E-state index contributed by atoms with van der Waals surface area (Å²) in [6, 6.07) is 0. The van der Waals surface area contributed by atoms with Gasteiger partial charge in [-0.15, -0.1) is 0 Å². The number of nitrogens with zero attached hydrogens (tertiary/aromatic N) is 1. The van der Waals surface area contributed by atoms with Gasteiger partial charge in [0.1, 0.15) is 24.9 Å². The molecule has 3 rings (SSSR count). The van der Waals surface area contributed by atoms with Crippen LogP contribution in [0.1, 0.15) is 27.7 Å². The molecule has 4 atom stereocenters. The average molecular weight is 411 g/mol. The molecule has 11 nitrogen and oxygen atoms in total. The molecular formula is C15H25NO10S. The second-order valence-corrected chi connectivity index (χ2v) is 8.53. The summed E-state index contributed by atoms with van der Waals surface area (Å²) in [5.74, 6) is -3.37. The Balaban J connectivity index is 1.81. The van der Waals surface area contributed by atoms with Gasteiger partial charge in [0, 0.05) is 0 Å². The molecule has 0 aromatic carbocycles. The lowest BCUT2D eigenvalue weighted by molar-refractivity contribution is -0.290. The predicted molar refractivity (Wildman–Crippen MR) is 88.9 cm³/mol. The number of rotatable bonds is 4. The Bertz CT molecular complexity index is 699. The summed E-state index contributed by atoms with van der Waals surface area (Å²) >= 11 is 0. The van der Waals surface area contributed by atoms with E-state index in [4.69, 9.17) is 27.9 Å². The zero-order valence-electron chi connectivity index (χ0n) is 16.1. The first-order valence-corrected chi connectivity index (χ1v) is 9.72. The SMILES string of the molecule is COC(=NS(=O)(=O)OC[C@@]12OC[C@H]3OC(C)(C)O[C@H]3[C@@H]1OC(C)(C)O2)OC. The number of hydrogen-bond donors (Lipinski definition) is 0. The van der Waals surface area contributed by atoms with Crippen LogP contribution < -0.4 is 0 Å². The van der Waals surface area contributed by atoms with Crippen molar-refractivity contribution in [3.8, 4) is 0 Å². The molecule has 3 aliphatic rings. The highest BCUT2D eigenvalue weighted by molar-refractivity contribution is 7.85. The van der Waals surface area contributed by atoms with Crippen molar-refractivity contribution in [3.63, 3.8) is 0 Å². The molecule has 0 N–H and O–H groups in total. The fourth-order valence-electron chi connectivity index (χ4n) is 3.38. The first kappa shape index (κ1) is 20.7. The molecule has 3 saturated heterocycles. The monoisotopic (exact) mass is 411 g/mol. The van der Waals surface area contributed by atoms with Crippen LogP contribution in [0.15, 0.2) is 4.40 Å². The number of fused-ring (bicyclic) bond motifs is 3. The maximum atomic E-state index is 12.1. The van der Waals surface area contributed by atoms with Gasteiger partial charge in [0.05, 0.1) is 20.8 Å². The van der Waals surface area contributed by atoms with Crippen molar-refractivity contribution in [1.82, 2.24) is 0 Å². The maximum Gasteiger partial charge on any atom is 0.400 e. The van der Waals surface area contributed by atoms with Crippen LogP contribution in [0, 0.1) is 0 Å². The van der Waals surface area contributed by atoms with Crippen molar-refractivity contribution in [1.29, 1.82) is 0 Å². The Morgan fingerprint density at radius 3 is 2.37 bits per heavy atom. The molecule has 3 fully saturated rings. The Morgan fingerprint density at radius 2 is 1.74 bits per heavy atom. The second-order valence-electron chi connectivity index (χ2n) is 7.26. The van der Waals surface area contributed by atoms with Crippen LogP contribution in [0.3, 0.4) is 0 Å². The average Bonchev–Trinajstić information content (AvgIpc) is 3.02. The van der Waals surface area contributed by atoms with Gasteiger partial charge in [-0.3, -0.25) is 0 Å².